The molecule has 0 aromatic heterocycles. The van der Waals surface area contributed by atoms with Crippen LogP contribution in [0.4, 0.5) is 0 Å². The Morgan fingerprint density at radius 3 is 2.76 bits per heavy atom. The van der Waals surface area contributed by atoms with Gasteiger partial charge in [-0.2, -0.15) is 0 Å². The summed E-state index contributed by atoms with van der Waals surface area (Å²) in [6.45, 7) is 3.32. The van der Waals surface area contributed by atoms with Crippen molar-refractivity contribution in [2.45, 2.75) is 39.0 Å². The monoisotopic (exact) mass is 236 g/mol. The summed E-state index contributed by atoms with van der Waals surface area (Å²) in [6.07, 6.45) is 6.28. The van der Waals surface area contributed by atoms with E-state index in [4.69, 9.17) is 14.2 Å². The van der Waals surface area contributed by atoms with Gasteiger partial charge in [-0.1, -0.05) is 32.6 Å². The zero-order valence-corrected chi connectivity index (χ0v) is 10.4. The molecule has 0 spiro atoms. The number of benzene rings is 1. The summed E-state index contributed by atoms with van der Waals surface area (Å²) in [5.41, 5.74) is 0. The second-order valence-electron chi connectivity index (χ2n) is 4.28. The average Bonchev–Trinajstić information content (AvgIpc) is 2.81. The third-order valence-corrected chi connectivity index (χ3v) is 2.86. The fourth-order valence-electron chi connectivity index (χ4n) is 1.86. The SMILES string of the molecule is CCCCCCCOc1ccc2c(c1)OCO2. The topological polar surface area (TPSA) is 27.7 Å². The average molecular weight is 236 g/mol. The first-order valence-corrected chi connectivity index (χ1v) is 6.42. The van der Waals surface area contributed by atoms with E-state index < -0.39 is 0 Å². The fourth-order valence-corrected chi connectivity index (χ4v) is 1.86. The van der Waals surface area contributed by atoms with Crippen LogP contribution in [0.2, 0.25) is 0 Å². The lowest BCUT2D eigenvalue weighted by molar-refractivity contribution is 0.173. The lowest BCUT2D eigenvalue weighted by Gasteiger charge is -2.06. The van der Waals surface area contributed by atoms with E-state index in [1.54, 1.807) is 0 Å². The van der Waals surface area contributed by atoms with Gasteiger partial charge >= 0.3 is 0 Å². The van der Waals surface area contributed by atoms with Crippen LogP contribution in [0.1, 0.15) is 39.0 Å². The largest absolute Gasteiger partial charge is 0.493 e. The minimum absolute atomic E-state index is 0.315. The van der Waals surface area contributed by atoms with E-state index in [9.17, 15) is 0 Å². The third kappa shape index (κ3) is 3.55. The number of fused-ring (bicyclic) bond motifs is 1. The molecule has 1 aromatic carbocycles. The van der Waals surface area contributed by atoms with Crippen LogP contribution in [0.15, 0.2) is 18.2 Å². The molecule has 0 atom stereocenters. The van der Waals surface area contributed by atoms with E-state index in [2.05, 4.69) is 6.92 Å². The Hall–Kier alpha value is -1.38. The van der Waals surface area contributed by atoms with Crippen LogP contribution in [-0.2, 0) is 0 Å². The Bertz CT molecular complexity index is 349. The summed E-state index contributed by atoms with van der Waals surface area (Å²) in [6, 6.07) is 5.72. The van der Waals surface area contributed by atoms with Crippen molar-refractivity contribution in [1.82, 2.24) is 0 Å². The predicted octanol–water partition coefficient (Wildman–Crippen LogP) is 3.76. The molecule has 0 amide bonds. The molecule has 17 heavy (non-hydrogen) atoms. The van der Waals surface area contributed by atoms with Crippen LogP contribution >= 0.6 is 0 Å². The van der Waals surface area contributed by atoms with Crippen LogP contribution in [-0.4, -0.2) is 13.4 Å². The summed E-state index contributed by atoms with van der Waals surface area (Å²) in [5, 5.41) is 0. The van der Waals surface area contributed by atoms with E-state index in [-0.39, 0.29) is 0 Å². The molecule has 0 bridgehead atoms. The third-order valence-electron chi connectivity index (χ3n) is 2.86. The summed E-state index contributed by atoms with van der Waals surface area (Å²) in [4.78, 5) is 0. The van der Waals surface area contributed by atoms with Crippen molar-refractivity contribution in [3.63, 3.8) is 0 Å². The molecule has 1 aliphatic heterocycles. The Morgan fingerprint density at radius 1 is 1.06 bits per heavy atom. The van der Waals surface area contributed by atoms with Gasteiger partial charge in [0.05, 0.1) is 6.61 Å². The first-order chi connectivity index (χ1) is 8.40. The van der Waals surface area contributed by atoms with E-state index in [1.807, 2.05) is 18.2 Å². The van der Waals surface area contributed by atoms with Crippen molar-refractivity contribution < 1.29 is 14.2 Å². The summed E-state index contributed by atoms with van der Waals surface area (Å²) in [5.74, 6) is 2.46. The van der Waals surface area contributed by atoms with Gasteiger partial charge in [0.2, 0.25) is 6.79 Å². The van der Waals surface area contributed by atoms with Gasteiger partial charge in [-0.3, -0.25) is 0 Å². The van der Waals surface area contributed by atoms with Crippen molar-refractivity contribution in [3.05, 3.63) is 18.2 Å². The molecule has 0 saturated heterocycles. The molecule has 0 aliphatic carbocycles. The van der Waals surface area contributed by atoms with Gasteiger partial charge in [-0.15, -0.1) is 0 Å². The molecule has 0 radical (unpaired) electrons. The number of ether oxygens (including phenoxy) is 3. The van der Waals surface area contributed by atoms with Crippen LogP contribution in [0, 0.1) is 0 Å². The molecular weight excluding hydrogens is 216 g/mol. The van der Waals surface area contributed by atoms with Crippen LogP contribution < -0.4 is 14.2 Å². The molecule has 1 heterocycles. The van der Waals surface area contributed by atoms with Gasteiger partial charge < -0.3 is 14.2 Å². The number of hydrogen-bond acceptors (Lipinski definition) is 3. The fraction of sp³-hybridized carbons (Fsp3) is 0.571. The van der Waals surface area contributed by atoms with Gasteiger partial charge in [0.1, 0.15) is 5.75 Å². The number of unbranched alkanes of at least 4 members (excludes halogenated alkanes) is 4. The van der Waals surface area contributed by atoms with Gasteiger partial charge in [0, 0.05) is 6.07 Å². The Morgan fingerprint density at radius 2 is 1.88 bits per heavy atom. The van der Waals surface area contributed by atoms with Crippen LogP contribution in [0.3, 0.4) is 0 Å². The van der Waals surface area contributed by atoms with E-state index in [0.717, 1.165) is 30.3 Å². The number of hydrogen-bond donors (Lipinski definition) is 0. The first kappa shape index (κ1) is 12.1. The zero-order valence-electron chi connectivity index (χ0n) is 10.4. The molecule has 3 heteroatoms. The minimum atomic E-state index is 0.315. The molecule has 0 fully saturated rings. The van der Waals surface area contributed by atoms with Crippen LogP contribution in [0.25, 0.3) is 0 Å². The summed E-state index contributed by atoms with van der Waals surface area (Å²) >= 11 is 0. The summed E-state index contributed by atoms with van der Waals surface area (Å²) < 4.78 is 16.2. The Kier molecular flexibility index (Phi) is 4.54. The standard InChI is InChI=1S/C14H20O3/c1-2-3-4-5-6-9-15-12-7-8-13-14(10-12)17-11-16-13/h7-8,10H,2-6,9,11H2,1H3. The highest BCUT2D eigenvalue weighted by Crippen LogP contribution is 2.35. The van der Waals surface area contributed by atoms with Crippen molar-refractivity contribution in [2.75, 3.05) is 13.4 Å². The second kappa shape index (κ2) is 6.38. The molecule has 1 aliphatic rings. The van der Waals surface area contributed by atoms with Gasteiger partial charge in [0.15, 0.2) is 11.5 Å². The maximum atomic E-state index is 5.68. The highest BCUT2D eigenvalue weighted by Gasteiger charge is 2.13. The van der Waals surface area contributed by atoms with Gasteiger partial charge in [0.25, 0.3) is 0 Å². The van der Waals surface area contributed by atoms with Crippen LogP contribution in [0.5, 0.6) is 17.2 Å². The highest BCUT2D eigenvalue weighted by molar-refractivity contribution is 5.46. The van der Waals surface area contributed by atoms with Crippen molar-refractivity contribution in [3.8, 4) is 17.2 Å². The predicted molar refractivity (Wildman–Crippen MR) is 66.8 cm³/mol. The maximum Gasteiger partial charge on any atom is 0.231 e. The minimum Gasteiger partial charge on any atom is -0.493 e. The molecular formula is C14H20O3. The van der Waals surface area contributed by atoms with E-state index >= 15 is 0 Å². The maximum absolute atomic E-state index is 5.68. The lowest BCUT2D eigenvalue weighted by Crippen LogP contribution is -1.97. The first-order valence-electron chi connectivity index (χ1n) is 6.42. The lowest BCUT2D eigenvalue weighted by atomic mass is 10.2. The zero-order chi connectivity index (χ0) is 11.9. The summed E-state index contributed by atoms with van der Waals surface area (Å²) in [7, 11) is 0. The molecule has 94 valence electrons. The molecule has 0 unspecified atom stereocenters. The number of rotatable bonds is 7. The van der Waals surface area contributed by atoms with E-state index in [0.29, 0.717) is 6.79 Å². The quantitative estimate of drug-likeness (QED) is 0.674. The normalized spacial score (nSPS) is 12.8. The van der Waals surface area contributed by atoms with Crippen molar-refractivity contribution in [1.29, 1.82) is 0 Å². The van der Waals surface area contributed by atoms with E-state index in [1.165, 1.54) is 25.7 Å². The molecule has 0 N–H and O–H groups in total. The molecule has 0 saturated carbocycles. The van der Waals surface area contributed by atoms with Crippen molar-refractivity contribution in [2.24, 2.45) is 0 Å². The molecule has 2 rings (SSSR count). The van der Waals surface area contributed by atoms with Gasteiger partial charge in [-0.25, -0.2) is 0 Å². The second-order valence-corrected chi connectivity index (χ2v) is 4.28. The molecule has 1 aromatic rings. The highest BCUT2D eigenvalue weighted by atomic mass is 16.7. The molecule has 3 nitrogen and oxygen atoms in total. The Balaban J connectivity index is 1.69. The smallest absolute Gasteiger partial charge is 0.231 e. The Labute approximate surface area is 103 Å². The van der Waals surface area contributed by atoms with Crippen molar-refractivity contribution >= 4 is 0 Å². The van der Waals surface area contributed by atoms with Gasteiger partial charge in [-0.05, 0) is 18.6 Å².